The van der Waals surface area contributed by atoms with Gasteiger partial charge in [-0.3, -0.25) is 0 Å². The molecule has 0 radical (unpaired) electrons. The average Bonchev–Trinajstić information content (AvgIpc) is 2.73. The van der Waals surface area contributed by atoms with Crippen LogP contribution in [-0.4, -0.2) is 5.97 Å². The zero-order valence-electron chi connectivity index (χ0n) is 17.2. The molecule has 148 valence electrons. The molecule has 1 unspecified atom stereocenters. The lowest BCUT2D eigenvalue weighted by Crippen LogP contribution is -2.08. The standard InChI is InChI=1S/C26H32O2/c1-3-4-5-6-7-21-10-14-24(15-11-21)26(27)28-25-18-16-23(17-19-25)22-12-8-20(2)9-13-22/h10-12,14-20H,3-9,13H2,1-2H3. The van der Waals surface area contributed by atoms with Crippen molar-refractivity contribution in [1.82, 2.24) is 0 Å². The van der Waals surface area contributed by atoms with Crippen molar-refractivity contribution in [2.24, 2.45) is 5.92 Å². The monoisotopic (exact) mass is 376 g/mol. The van der Waals surface area contributed by atoms with Crippen LogP contribution in [0.5, 0.6) is 5.75 Å². The third-order valence-electron chi connectivity index (χ3n) is 5.62. The van der Waals surface area contributed by atoms with Gasteiger partial charge in [0.2, 0.25) is 0 Å². The first-order valence-electron chi connectivity index (χ1n) is 10.8. The van der Waals surface area contributed by atoms with E-state index in [1.165, 1.54) is 48.8 Å². The van der Waals surface area contributed by atoms with E-state index in [4.69, 9.17) is 4.74 Å². The van der Waals surface area contributed by atoms with E-state index in [0.717, 1.165) is 25.2 Å². The maximum Gasteiger partial charge on any atom is 0.343 e. The van der Waals surface area contributed by atoms with Crippen LogP contribution in [0.2, 0.25) is 0 Å². The van der Waals surface area contributed by atoms with Crippen molar-refractivity contribution >= 4 is 11.5 Å². The largest absolute Gasteiger partial charge is 0.423 e. The molecule has 0 heterocycles. The van der Waals surface area contributed by atoms with E-state index in [1.54, 1.807) is 0 Å². The number of carbonyl (C=O) groups excluding carboxylic acids is 1. The Kier molecular flexibility index (Phi) is 7.47. The Morgan fingerprint density at radius 1 is 1.00 bits per heavy atom. The van der Waals surface area contributed by atoms with Crippen LogP contribution in [0.15, 0.2) is 54.6 Å². The number of benzene rings is 2. The highest BCUT2D eigenvalue weighted by atomic mass is 16.5. The Labute approximate surface area is 169 Å². The molecule has 0 saturated heterocycles. The summed E-state index contributed by atoms with van der Waals surface area (Å²) >= 11 is 0. The van der Waals surface area contributed by atoms with Gasteiger partial charge in [0, 0.05) is 0 Å². The molecule has 2 nitrogen and oxygen atoms in total. The van der Waals surface area contributed by atoms with Crippen LogP contribution in [0, 0.1) is 5.92 Å². The summed E-state index contributed by atoms with van der Waals surface area (Å²) < 4.78 is 5.55. The molecular formula is C26H32O2. The Morgan fingerprint density at radius 2 is 1.75 bits per heavy atom. The highest BCUT2D eigenvalue weighted by Gasteiger charge is 2.12. The number of esters is 1. The summed E-state index contributed by atoms with van der Waals surface area (Å²) in [4.78, 5) is 12.4. The minimum absolute atomic E-state index is 0.295. The molecule has 0 aromatic heterocycles. The molecule has 0 aliphatic heterocycles. The number of carbonyl (C=O) groups is 1. The molecule has 2 aromatic carbocycles. The predicted molar refractivity (Wildman–Crippen MR) is 117 cm³/mol. The second kappa shape index (κ2) is 10.3. The molecule has 0 N–H and O–H groups in total. The molecule has 0 bridgehead atoms. The zero-order valence-corrected chi connectivity index (χ0v) is 17.2. The van der Waals surface area contributed by atoms with Gasteiger partial charge in [-0.1, -0.05) is 63.5 Å². The van der Waals surface area contributed by atoms with Gasteiger partial charge in [0.05, 0.1) is 5.56 Å². The van der Waals surface area contributed by atoms with Gasteiger partial charge in [-0.2, -0.15) is 0 Å². The van der Waals surface area contributed by atoms with E-state index in [9.17, 15) is 4.79 Å². The fraction of sp³-hybridized carbons (Fsp3) is 0.423. The van der Waals surface area contributed by atoms with Crippen molar-refractivity contribution in [1.29, 1.82) is 0 Å². The molecule has 2 heteroatoms. The summed E-state index contributed by atoms with van der Waals surface area (Å²) in [5.41, 5.74) is 4.53. The topological polar surface area (TPSA) is 26.3 Å². The molecule has 0 fully saturated rings. The van der Waals surface area contributed by atoms with Crippen LogP contribution in [0.1, 0.15) is 80.3 Å². The lowest BCUT2D eigenvalue weighted by molar-refractivity contribution is 0.0734. The fourth-order valence-electron chi connectivity index (χ4n) is 3.69. The smallest absolute Gasteiger partial charge is 0.343 e. The lowest BCUT2D eigenvalue weighted by atomic mass is 9.88. The normalized spacial score (nSPS) is 16.5. The second-order valence-corrected chi connectivity index (χ2v) is 8.03. The third-order valence-corrected chi connectivity index (χ3v) is 5.62. The summed E-state index contributed by atoms with van der Waals surface area (Å²) in [7, 11) is 0. The molecule has 0 spiro atoms. The number of allylic oxidation sites excluding steroid dienone is 2. The van der Waals surface area contributed by atoms with Gasteiger partial charge in [0.1, 0.15) is 5.75 Å². The number of aryl methyl sites for hydroxylation is 1. The van der Waals surface area contributed by atoms with E-state index in [2.05, 4.69) is 32.1 Å². The lowest BCUT2D eigenvalue weighted by Gasteiger charge is -2.18. The maximum atomic E-state index is 12.4. The first-order chi connectivity index (χ1) is 13.7. The Bertz CT molecular complexity index is 784. The molecule has 1 atom stereocenters. The highest BCUT2D eigenvalue weighted by Crippen LogP contribution is 2.30. The van der Waals surface area contributed by atoms with Crippen LogP contribution < -0.4 is 4.74 Å². The van der Waals surface area contributed by atoms with E-state index < -0.39 is 0 Å². The van der Waals surface area contributed by atoms with Crippen LogP contribution in [0.25, 0.3) is 5.57 Å². The molecule has 28 heavy (non-hydrogen) atoms. The number of hydrogen-bond acceptors (Lipinski definition) is 2. The number of hydrogen-bond donors (Lipinski definition) is 0. The quantitative estimate of drug-likeness (QED) is 0.276. The van der Waals surface area contributed by atoms with Gasteiger partial charge < -0.3 is 4.74 Å². The summed E-state index contributed by atoms with van der Waals surface area (Å²) in [6.45, 7) is 4.52. The van der Waals surface area contributed by atoms with Crippen molar-refractivity contribution in [2.45, 2.75) is 65.2 Å². The summed E-state index contributed by atoms with van der Waals surface area (Å²) in [5, 5.41) is 0. The average molecular weight is 377 g/mol. The van der Waals surface area contributed by atoms with Crippen LogP contribution in [0.4, 0.5) is 0 Å². The molecule has 1 aliphatic carbocycles. The first-order valence-corrected chi connectivity index (χ1v) is 10.8. The minimum Gasteiger partial charge on any atom is -0.423 e. The maximum absolute atomic E-state index is 12.4. The van der Waals surface area contributed by atoms with Crippen LogP contribution >= 0.6 is 0 Å². The minimum atomic E-state index is -0.295. The molecule has 3 rings (SSSR count). The van der Waals surface area contributed by atoms with Gasteiger partial charge in [0.25, 0.3) is 0 Å². The Hall–Kier alpha value is -2.35. The van der Waals surface area contributed by atoms with Gasteiger partial charge in [-0.05, 0) is 79.0 Å². The van der Waals surface area contributed by atoms with Crippen molar-refractivity contribution in [3.8, 4) is 5.75 Å². The van der Waals surface area contributed by atoms with Crippen molar-refractivity contribution < 1.29 is 9.53 Å². The molecule has 0 amide bonds. The summed E-state index contributed by atoms with van der Waals surface area (Å²) in [6, 6.07) is 15.8. The Balaban J connectivity index is 1.54. The van der Waals surface area contributed by atoms with E-state index in [-0.39, 0.29) is 5.97 Å². The van der Waals surface area contributed by atoms with E-state index in [1.807, 2.05) is 36.4 Å². The summed E-state index contributed by atoms with van der Waals surface area (Å²) in [6.07, 6.45) is 12.0. The van der Waals surface area contributed by atoms with Crippen molar-refractivity contribution in [2.75, 3.05) is 0 Å². The van der Waals surface area contributed by atoms with Crippen LogP contribution in [0.3, 0.4) is 0 Å². The van der Waals surface area contributed by atoms with E-state index >= 15 is 0 Å². The van der Waals surface area contributed by atoms with Gasteiger partial charge in [-0.25, -0.2) is 4.79 Å². The van der Waals surface area contributed by atoms with Crippen molar-refractivity contribution in [3.63, 3.8) is 0 Å². The number of ether oxygens (including phenoxy) is 1. The number of rotatable bonds is 8. The molecular weight excluding hydrogens is 344 g/mol. The fourth-order valence-corrected chi connectivity index (χ4v) is 3.69. The Morgan fingerprint density at radius 3 is 2.39 bits per heavy atom. The summed E-state index contributed by atoms with van der Waals surface area (Å²) in [5.74, 6) is 1.09. The van der Waals surface area contributed by atoms with Crippen molar-refractivity contribution in [3.05, 3.63) is 71.3 Å². The highest BCUT2D eigenvalue weighted by molar-refractivity contribution is 5.91. The SMILES string of the molecule is CCCCCCc1ccc(C(=O)Oc2ccc(C3=CCC(C)CC3)cc2)cc1. The molecule has 0 saturated carbocycles. The third kappa shape index (κ3) is 5.82. The first kappa shape index (κ1) is 20.4. The zero-order chi connectivity index (χ0) is 19.8. The number of unbranched alkanes of at least 4 members (excludes halogenated alkanes) is 3. The van der Waals surface area contributed by atoms with E-state index in [0.29, 0.717) is 11.3 Å². The molecule has 2 aromatic rings. The van der Waals surface area contributed by atoms with Gasteiger partial charge in [-0.15, -0.1) is 0 Å². The van der Waals surface area contributed by atoms with Crippen LogP contribution in [-0.2, 0) is 6.42 Å². The second-order valence-electron chi connectivity index (χ2n) is 8.03. The van der Waals surface area contributed by atoms with Gasteiger partial charge in [0.15, 0.2) is 0 Å². The predicted octanol–water partition coefficient (Wildman–Crippen LogP) is 7.23. The molecule has 1 aliphatic rings. The van der Waals surface area contributed by atoms with Gasteiger partial charge >= 0.3 is 5.97 Å².